The van der Waals surface area contributed by atoms with Crippen LogP contribution in [0.4, 0.5) is 0 Å². The first kappa shape index (κ1) is 23.2. The molecule has 0 aromatic heterocycles. The lowest BCUT2D eigenvalue weighted by atomic mass is 9.71. The van der Waals surface area contributed by atoms with Gasteiger partial charge in [0.25, 0.3) is 0 Å². The molecule has 8 bridgehead atoms. The third-order valence-electron chi connectivity index (χ3n) is 13.1. The molecule has 0 heterocycles. The summed E-state index contributed by atoms with van der Waals surface area (Å²) in [6.07, 6.45) is 15.5. The molecule has 8 aliphatic carbocycles. The summed E-state index contributed by atoms with van der Waals surface area (Å²) in [5.41, 5.74) is 4.86. The highest BCUT2D eigenvalue weighted by molar-refractivity contribution is 5.30. The summed E-state index contributed by atoms with van der Waals surface area (Å²) in [7, 11) is 0. The van der Waals surface area contributed by atoms with E-state index >= 15 is 0 Å². The molecule has 0 aromatic rings. The van der Waals surface area contributed by atoms with Crippen molar-refractivity contribution in [2.24, 2.45) is 57.2 Å². The Morgan fingerprint density at radius 3 is 1.19 bits per heavy atom. The van der Waals surface area contributed by atoms with Crippen LogP contribution >= 0.6 is 0 Å². The number of allylic oxidation sites excluding steroid dienone is 2. The number of hydrogen-bond acceptors (Lipinski definition) is 2. The molecule has 8 aliphatic rings. The lowest BCUT2D eigenvalue weighted by Gasteiger charge is -2.34. The van der Waals surface area contributed by atoms with Crippen molar-refractivity contribution in [3.8, 4) is 0 Å². The first-order valence-electron chi connectivity index (χ1n) is 13.6. The first-order valence-corrected chi connectivity index (χ1v) is 13.6. The van der Waals surface area contributed by atoms with Gasteiger partial charge in [-0.25, -0.2) is 0 Å². The minimum atomic E-state index is 0.225. The van der Waals surface area contributed by atoms with Gasteiger partial charge >= 0.3 is 0 Å². The van der Waals surface area contributed by atoms with Crippen molar-refractivity contribution in [1.82, 2.24) is 0 Å². The van der Waals surface area contributed by atoms with Gasteiger partial charge in [-0.05, 0) is 122 Å². The van der Waals surface area contributed by atoms with Crippen molar-refractivity contribution in [3.63, 3.8) is 0 Å². The Balaban J connectivity index is 0.000000135. The Hall–Kier alpha value is -0.600. The van der Waals surface area contributed by atoms with Gasteiger partial charge in [0.05, 0.1) is 13.2 Å². The molecular weight excluding hydrogens is 392 g/mol. The minimum Gasteiger partial charge on any atom is -0.392 e. The Kier molecular flexibility index (Phi) is 5.39. The third-order valence-corrected chi connectivity index (χ3v) is 13.1. The van der Waals surface area contributed by atoms with Crippen LogP contribution in [0.1, 0.15) is 92.9 Å². The van der Waals surface area contributed by atoms with Crippen LogP contribution in [0.2, 0.25) is 0 Å². The van der Waals surface area contributed by atoms with Gasteiger partial charge in [0.1, 0.15) is 0 Å². The average molecular weight is 441 g/mol. The predicted molar refractivity (Wildman–Crippen MR) is 132 cm³/mol. The topological polar surface area (TPSA) is 40.5 Å². The molecule has 0 radical (unpaired) electrons. The van der Waals surface area contributed by atoms with E-state index in [-0.39, 0.29) is 13.2 Å². The van der Waals surface area contributed by atoms with Crippen molar-refractivity contribution in [2.75, 3.05) is 13.2 Å². The van der Waals surface area contributed by atoms with Gasteiger partial charge in [0.2, 0.25) is 0 Å². The van der Waals surface area contributed by atoms with Crippen LogP contribution in [0, 0.1) is 57.2 Å². The summed E-state index contributed by atoms with van der Waals surface area (Å²) >= 11 is 0. The third kappa shape index (κ3) is 2.84. The highest BCUT2D eigenvalue weighted by Gasteiger charge is 2.81. The van der Waals surface area contributed by atoms with Gasteiger partial charge < -0.3 is 10.2 Å². The molecule has 2 heteroatoms. The van der Waals surface area contributed by atoms with Gasteiger partial charge in [-0.3, -0.25) is 0 Å². The van der Waals surface area contributed by atoms with E-state index in [0.717, 1.165) is 59.5 Å². The van der Waals surface area contributed by atoms with E-state index in [1.54, 1.807) is 0 Å². The molecule has 0 saturated heterocycles. The van der Waals surface area contributed by atoms with Crippen LogP contribution in [-0.4, -0.2) is 23.4 Å². The standard InChI is InChI=1S/2C15H24O/c2*1-10(9-16)5-4-6-14(2)11-7-12-13(8-11)15(12,14)3/h2*5,11-13,16H,4,6-9H2,1-3H3/b2*10-5-/t2*11-,12+,13?,14-,15?/m00/s1. The summed E-state index contributed by atoms with van der Waals surface area (Å²) in [5.74, 6) is 6.32. The number of hydrogen-bond donors (Lipinski definition) is 2. The monoisotopic (exact) mass is 440 g/mol. The molecule has 8 rings (SSSR count). The normalized spacial score (nSPS) is 53.5. The molecule has 2 N–H and O–H groups in total. The Labute approximate surface area is 197 Å². The molecule has 2 nitrogen and oxygen atoms in total. The fraction of sp³-hybridized carbons (Fsp3) is 0.867. The summed E-state index contributed by atoms with van der Waals surface area (Å²) < 4.78 is 0. The maximum Gasteiger partial charge on any atom is 0.0639 e. The van der Waals surface area contributed by atoms with Gasteiger partial charge in [-0.2, -0.15) is 0 Å². The van der Waals surface area contributed by atoms with Crippen LogP contribution in [0.25, 0.3) is 0 Å². The van der Waals surface area contributed by atoms with E-state index in [2.05, 4.69) is 39.8 Å². The second kappa shape index (κ2) is 7.45. The lowest BCUT2D eigenvalue weighted by molar-refractivity contribution is 0.154. The van der Waals surface area contributed by atoms with Gasteiger partial charge in [0, 0.05) is 0 Å². The summed E-state index contributed by atoms with van der Waals surface area (Å²) in [6.45, 7) is 14.7. The highest BCUT2D eigenvalue weighted by atomic mass is 16.3. The molecule has 0 amide bonds. The molecule has 8 fully saturated rings. The maximum atomic E-state index is 8.99. The lowest BCUT2D eigenvalue weighted by Crippen LogP contribution is -2.26. The van der Waals surface area contributed by atoms with E-state index in [4.69, 9.17) is 10.2 Å². The largest absolute Gasteiger partial charge is 0.392 e. The van der Waals surface area contributed by atoms with E-state index < -0.39 is 0 Å². The van der Waals surface area contributed by atoms with Crippen molar-refractivity contribution in [2.45, 2.75) is 92.9 Å². The quantitative estimate of drug-likeness (QED) is 0.409. The molecule has 8 saturated carbocycles. The average Bonchev–Trinajstić information content (AvgIpc) is 3.21. The molecule has 10 atom stereocenters. The molecule has 32 heavy (non-hydrogen) atoms. The Morgan fingerprint density at radius 1 is 0.656 bits per heavy atom. The molecular formula is C30H48O2. The summed E-state index contributed by atoms with van der Waals surface area (Å²) in [6, 6.07) is 0. The molecule has 180 valence electrons. The SMILES string of the molecule is C/C(=C/CC[C@@]1(C)[C@@H]2CC3[C@@H](C2)C31C)CO.C/C(=C/CC[C@@]1(C)[C@@H]2CC3[C@@H](C2)C31C)CO. The zero-order chi connectivity index (χ0) is 23.1. The van der Waals surface area contributed by atoms with Crippen LogP contribution < -0.4 is 0 Å². The second-order valence-corrected chi connectivity index (χ2v) is 13.7. The number of aliphatic hydroxyl groups is 2. The van der Waals surface area contributed by atoms with E-state index in [9.17, 15) is 0 Å². The van der Waals surface area contributed by atoms with Crippen molar-refractivity contribution < 1.29 is 10.2 Å². The van der Waals surface area contributed by atoms with Crippen LogP contribution in [0.15, 0.2) is 23.3 Å². The zero-order valence-electron chi connectivity index (χ0n) is 21.6. The summed E-state index contributed by atoms with van der Waals surface area (Å²) in [4.78, 5) is 0. The van der Waals surface area contributed by atoms with Crippen molar-refractivity contribution in [3.05, 3.63) is 23.3 Å². The van der Waals surface area contributed by atoms with Gasteiger partial charge in [0.15, 0.2) is 0 Å². The van der Waals surface area contributed by atoms with Gasteiger partial charge in [-0.15, -0.1) is 0 Å². The smallest absolute Gasteiger partial charge is 0.0639 e. The highest BCUT2D eigenvalue weighted by Crippen LogP contribution is 2.87. The fourth-order valence-electron chi connectivity index (χ4n) is 10.4. The van der Waals surface area contributed by atoms with Crippen molar-refractivity contribution >= 4 is 0 Å². The Bertz CT molecular complexity index is 731. The second-order valence-electron chi connectivity index (χ2n) is 13.7. The minimum absolute atomic E-state index is 0.225. The van der Waals surface area contributed by atoms with E-state index in [1.165, 1.54) is 38.5 Å². The van der Waals surface area contributed by atoms with Crippen LogP contribution in [0.5, 0.6) is 0 Å². The molecule has 0 spiro atoms. The van der Waals surface area contributed by atoms with Crippen LogP contribution in [-0.2, 0) is 0 Å². The van der Waals surface area contributed by atoms with E-state index in [1.807, 2.05) is 13.8 Å². The number of rotatable bonds is 8. The molecule has 4 unspecified atom stereocenters. The van der Waals surface area contributed by atoms with Gasteiger partial charge in [-0.1, -0.05) is 51.0 Å². The maximum absolute atomic E-state index is 8.99. The Morgan fingerprint density at radius 2 is 0.969 bits per heavy atom. The predicted octanol–water partition coefficient (Wildman–Crippen LogP) is 6.77. The fourth-order valence-corrected chi connectivity index (χ4v) is 10.4. The number of aliphatic hydroxyl groups excluding tert-OH is 2. The summed E-state index contributed by atoms with van der Waals surface area (Å²) in [5, 5.41) is 18.0. The zero-order valence-corrected chi connectivity index (χ0v) is 21.6. The van der Waals surface area contributed by atoms with Crippen molar-refractivity contribution in [1.29, 1.82) is 0 Å². The van der Waals surface area contributed by atoms with E-state index in [0.29, 0.717) is 21.7 Å². The first-order chi connectivity index (χ1) is 15.1. The molecule has 0 aliphatic heterocycles. The molecule has 0 aromatic carbocycles. The van der Waals surface area contributed by atoms with Crippen LogP contribution in [0.3, 0.4) is 0 Å².